The van der Waals surface area contributed by atoms with Crippen molar-refractivity contribution < 1.29 is 17.9 Å². The minimum Gasteiger partial charge on any atom is -0.489 e. The van der Waals surface area contributed by atoms with E-state index in [4.69, 9.17) is 4.74 Å². The van der Waals surface area contributed by atoms with Gasteiger partial charge in [0, 0.05) is 13.0 Å². The van der Waals surface area contributed by atoms with Crippen molar-refractivity contribution in [3.63, 3.8) is 0 Å². The summed E-state index contributed by atoms with van der Waals surface area (Å²) in [7, 11) is -3.30. The number of sulfone groups is 1. The molecule has 0 saturated heterocycles. The van der Waals surface area contributed by atoms with E-state index in [9.17, 15) is 13.2 Å². The molecule has 0 radical (unpaired) electrons. The maximum absolute atomic E-state index is 12.3. The highest BCUT2D eigenvalue weighted by atomic mass is 32.2. The predicted octanol–water partition coefficient (Wildman–Crippen LogP) is 2.28. The van der Waals surface area contributed by atoms with Gasteiger partial charge in [0.2, 0.25) is 0 Å². The van der Waals surface area contributed by atoms with E-state index in [-0.39, 0.29) is 18.0 Å². The maximum atomic E-state index is 12.3. The van der Waals surface area contributed by atoms with Crippen LogP contribution in [-0.4, -0.2) is 37.9 Å². The number of carbonyl (C=O) groups excluding carboxylic acids is 1. The van der Waals surface area contributed by atoms with Crippen molar-refractivity contribution in [3.05, 3.63) is 23.8 Å². The van der Waals surface area contributed by atoms with E-state index in [0.717, 1.165) is 5.69 Å². The SMILES string of the molecule is CC(C)(C)S(=O)(=O)CCC(=O)c1cccc2c1OCCN2. The molecule has 1 heterocycles. The summed E-state index contributed by atoms with van der Waals surface area (Å²) in [6, 6.07) is 5.29. The van der Waals surface area contributed by atoms with Crippen LogP contribution in [0.1, 0.15) is 37.6 Å². The zero-order valence-electron chi connectivity index (χ0n) is 12.6. The molecular weight excluding hydrogens is 290 g/mol. The summed E-state index contributed by atoms with van der Waals surface area (Å²) in [4.78, 5) is 12.3. The molecule has 1 aromatic carbocycles. The van der Waals surface area contributed by atoms with Gasteiger partial charge in [-0.3, -0.25) is 4.79 Å². The minimum atomic E-state index is -3.30. The second-order valence-electron chi connectivity index (χ2n) is 6.06. The van der Waals surface area contributed by atoms with E-state index in [1.54, 1.807) is 32.9 Å². The standard InChI is InChI=1S/C15H21NO4S/c1-15(2,3)21(18,19)10-7-13(17)11-5-4-6-12-14(11)20-9-8-16-12/h4-6,16H,7-10H2,1-3H3. The van der Waals surface area contributed by atoms with Gasteiger partial charge < -0.3 is 10.1 Å². The summed E-state index contributed by atoms with van der Waals surface area (Å²) in [6.07, 6.45) is -0.0284. The molecule has 0 aromatic heterocycles. The second kappa shape index (κ2) is 5.67. The molecule has 1 aliphatic rings. The van der Waals surface area contributed by atoms with Crippen molar-refractivity contribution in [3.8, 4) is 5.75 Å². The molecule has 0 unspecified atom stereocenters. The van der Waals surface area contributed by atoms with E-state index in [1.165, 1.54) is 0 Å². The molecule has 1 aromatic rings. The summed E-state index contributed by atoms with van der Waals surface area (Å²) >= 11 is 0. The van der Waals surface area contributed by atoms with E-state index in [0.29, 0.717) is 24.5 Å². The van der Waals surface area contributed by atoms with Crippen LogP contribution in [0.15, 0.2) is 18.2 Å². The monoisotopic (exact) mass is 311 g/mol. The molecule has 0 amide bonds. The van der Waals surface area contributed by atoms with Gasteiger partial charge in [0.25, 0.3) is 0 Å². The molecule has 1 N–H and O–H groups in total. The number of carbonyl (C=O) groups is 1. The molecule has 0 atom stereocenters. The fraction of sp³-hybridized carbons (Fsp3) is 0.533. The summed E-state index contributed by atoms with van der Waals surface area (Å²) in [6.45, 7) is 6.12. The van der Waals surface area contributed by atoms with Crippen LogP contribution in [0.4, 0.5) is 5.69 Å². The minimum absolute atomic E-state index is 0.0284. The Labute approximate surface area is 125 Å². The van der Waals surface area contributed by atoms with Crippen LogP contribution in [0.25, 0.3) is 0 Å². The lowest BCUT2D eigenvalue weighted by atomic mass is 10.1. The van der Waals surface area contributed by atoms with E-state index in [2.05, 4.69) is 5.32 Å². The summed E-state index contributed by atoms with van der Waals surface area (Å²) in [5, 5.41) is 3.16. The Morgan fingerprint density at radius 3 is 2.71 bits per heavy atom. The van der Waals surface area contributed by atoms with Crippen LogP contribution in [0.5, 0.6) is 5.75 Å². The maximum Gasteiger partial charge on any atom is 0.167 e. The zero-order valence-corrected chi connectivity index (χ0v) is 13.4. The van der Waals surface area contributed by atoms with Crippen molar-refractivity contribution in [2.45, 2.75) is 31.9 Å². The van der Waals surface area contributed by atoms with Crippen molar-refractivity contribution >= 4 is 21.3 Å². The van der Waals surface area contributed by atoms with E-state index >= 15 is 0 Å². The number of benzene rings is 1. The largest absolute Gasteiger partial charge is 0.489 e. The van der Waals surface area contributed by atoms with Crippen molar-refractivity contribution in [1.29, 1.82) is 0 Å². The first-order valence-electron chi connectivity index (χ1n) is 6.97. The van der Waals surface area contributed by atoms with Crippen molar-refractivity contribution in [1.82, 2.24) is 0 Å². The Hall–Kier alpha value is -1.56. The number of ketones is 1. The lowest BCUT2D eigenvalue weighted by Crippen LogP contribution is -2.31. The Kier molecular flexibility index (Phi) is 4.27. The summed E-state index contributed by atoms with van der Waals surface area (Å²) in [5.41, 5.74) is 1.23. The van der Waals surface area contributed by atoms with Gasteiger partial charge in [0.1, 0.15) is 6.61 Å². The lowest BCUT2D eigenvalue weighted by Gasteiger charge is -2.22. The first-order valence-corrected chi connectivity index (χ1v) is 8.63. The Bertz CT molecular complexity index is 644. The Morgan fingerprint density at radius 1 is 1.33 bits per heavy atom. The number of ether oxygens (including phenoxy) is 1. The average Bonchev–Trinajstić information content (AvgIpc) is 2.43. The van der Waals surface area contributed by atoms with Gasteiger partial charge in [-0.25, -0.2) is 8.42 Å². The number of nitrogens with one attached hydrogen (secondary N) is 1. The lowest BCUT2D eigenvalue weighted by molar-refractivity contribution is 0.0984. The van der Waals surface area contributed by atoms with Crippen LogP contribution < -0.4 is 10.1 Å². The van der Waals surface area contributed by atoms with Crippen LogP contribution in [0.3, 0.4) is 0 Å². The Balaban J connectivity index is 2.16. The van der Waals surface area contributed by atoms with Gasteiger partial charge >= 0.3 is 0 Å². The van der Waals surface area contributed by atoms with Crippen LogP contribution in [0.2, 0.25) is 0 Å². The van der Waals surface area contributed by atoms with Gasteiger partial charge in [0.05, 0.1) is 21.8 Å². The summed E-state index contributed by atoms with van der Waals surface area (Å²) < 4.78 is 28.9. The molecule has 0 spiro atoms. The number of hydrogen-bond acceptors (Lipinski definition) is 5. The van der Waals surface area contributed by atoms with Gasteiger partial charge in [-0.1, -0.05) is 6.07 Å². The highest BCUT2D eigenvalue weighted by Crippen LogP contribution is 2.32. The number of Topliss-reactive ketones (excluding diaryl/α,β-unsaturated/α-hetero) is 1. The highest BCUT2D eigenvalue weighted by molar-refractivity contribution is 7.92. The van der Waals surface area contributed by atoms with Gasteiger partial charge in [-0.05, 0) is 32.9 Å². The zero-order chi connectivity index (χ0) is 15.7. The van der Waals surface area contributed by atoms with Gasteiger partial charge in [-0.15, -0.1) is 0 Å². The molecular formula is C15H21NO4S. The number of rotatable bonds is 4. The van der Waals surface area contributed by atoms with Crippen molar-refractivity contribution in [2.75, 3.05) is 24.2 Å². The van der Waals surface area contributed by atoms with Crippen molar-refractivity contribution in [2.24, 2.45) is 0 Å². The molecule has 0 fully saturated rings. The smallest absolute Gasteiger partial charge is 0.167 e. The normalized spacial score (nSPS) is 14.8. The molecule has 21 heavy (non-hydrogen) atoms. The van der Waals surface area contributed by atoms with Crippen LogP contribution >= 0.6 is 0 Å². The topological polar surface area (TPSA) is 72.5 Å². The fourth-order valence-corrected chi connectivity index (χ4v) is 3.12. The molecule has 116 valence electrons. The first kappa shape index (κ1) is 15.8. The Morgan fingerprint density at radius 2 is 2.05 bits per heavy atom. The highest BCUT2D eigenvalue weighted by Gasteiger charge is 2.30. The number of hydrogen-bond donors (Lipinski definition) is 1. The predicted molar refractivity (Wildman–Crippen MR) is 82.9 cm³/mol. The molecule has 0 aliphatic carbocycles. The van der Waals surface area contributed by atoms with E-state index < -0.39 is 14.6 Å². The third-order valence-corrected chi connectivity index (χ3v) is 6.12. The summed E-state index contributed by atoms with van der Waals surface area (Å²) in [5.74, 6) is 0.178. The molecule has 0 bridgehead atoms. The fourth-order valence-electron chi connectivity index (χ4n) is 2.06. The van der Waals surface area contributed by atoms with Gasteiger partial charge in [0.15, 0.2) is 21.4 Å². The molecule has 6 heteroatoms. The first-order chi connectivity index (χ1) is 9.72. The van der Waals surface area contributed by atoms with E-state index in [1.807, 2.05) is 6.07 Å². The van der Waals surface area contributed by atoms with Crippen LogP contribution in [0, 0.1) is 0 Å². The van der Waals surface area contributed by atoms with Gasteiger partial charge in [-0.2, -0.15) is 0 Å². The van der Waals surface area contributed by atoms with Crippen LogP contribution in [-0.2, 0) is 9.84 Å². The number of para-hydroxylation sites is 1. The second-order valence-corrected chi connectivity index (χ2v) is 8.92. The third kappa shape index (κ3) is 3.37. The number of fused-ring (bicyclic) bond motifs is 1. The number of anilines is 1. The molecule has 5 nitrogen and oxygen atoms in total. The third-order valence-electron chi connectivity index (χ3n) is 3.51. The average molecular weight is 311 g/mol. The molecule has 0 saturated carbocycles. The molecule has 1 aliphatic heterocycles. The molecule has 2 rings (SSSR count). The quantitative estimate of drug-likeness (QED) is 0.864.